The van der Waals surface area contributed by atoms with Crippen molar-refractivity contribution in [2.75, 3.05) is 7.05 Å². The van der Waals surface area contributed by atoms with E-state index in [2.05, 4.69) is 5.32 Å². The van der Waals surface area contributed by atoms with Gasteiger partial charge in [-0.3, -0.25) is 4.79 Å². The molecule has 0 bridgehead atoms. The maximum atomic E-state index is 11.6. The molecular weight excluding hydrogens is 174 g/mol. The summed E-state index contributed by atoms with van der Waals surface area (Å²) >= 11 is 0. The van der Waals surface area contributed by atoms with E-state index in [1.54, 1.807) is 7.05 Å². The summed E-state index contributed by atoms with van der Waals surface area (Å²) in [5, 5.41) is 2.80. The van der Waals surface area contributed by atoms with E-state index in [9.17, 15) is 4.79 Å². The van der Waals surface area contributed by atoms with Crippen molar-refractivity contribution >= 4 is 5.91 Å². The molecule has 2 aliphatic rings. The van der Waals surface area contributed by atoms with Crippen LogP contribution in [0.25, 0.3) is 0 Å². The number of carbonyl (C=O) groups is 1. The molecule has 0 aliphatic heterocycles. The van der Waals surface area contributed by atoms with Gasteiger partial charge in [0.1, 0.15) is 0 Å². The highest BCUT2D eigenvalue weighted by Crippen LogP contribution is 2.39. The number of hydrogen-bond acceptors (Lipinski definition) is 1. The van der Waals surface area contributed by atoms with Crippen molar-refractivity contribution < 1.29 is 4.79 Å². The average Bonchev–Trinajstić information content (AvgIpc) is 3.03. The van der Waals surface area contributed by atoms with E-state index in [0.29, 0.717) is 5.92 Å². The third-order valence-electron chi connectivity index (χ3n) is 3.55. The molecule has 80 valence electrons. The summed E-state index contributed by atoms with van der Waals surface area (Å²) < 4.78 is 0. The first kappa shape index (κ1) is 10.0. The monoisotopic (exact) mass is 195 g/mol. The van der Waals surface area contributed by atoms with Crippen molar-refractivity contribution in [1.29, 1.82) is 0 Å². The first-order valence-electron chi connectivity index (χ1n) is 6.01. The molecule has 1 amide bonds. The Balaban J connectivity index is 1.73. The Bertz CT molecular complexity index is 206. The zero-order valence-corrected chi connectivity index (χ0v) is 9.09. The third kappa shape index (κ3) is 3.00. The van der Waals surface area contributed by atoms with Gasteiger partial charge in [-0.05, 0) is 31.1 Å². The topological polar surface area (TPSA) is 29.1 Å². The van der Waals surface area contributed by atoms with Crippen LogP contribution in [-0.2, 0) is 4.79 Å². The van der Waals surface area contributed by atoms with Gasteiger partial charge in [-0.25, -0.2) is 0 Å². The number of hydrogen-bond donors (Lipinski definition) is 1. The molecule has 2 saturated carbocycles. The normalized spacial score (nSPS) is 23.2. The molecule has 2 rings (SSSR count). The molecule has 14 heavy (non-hydrogen) atoms. The zero-order chi connectivity index (χ0) is 9.97. The second-order valence-electron chi connectivity index (χ2n) is 5.01. The smallest absolute Gasteiger partial charge is 0.222 e. The minimum Gasteiger partial charge on any atom is -0.359 e. The molecule has 0 aromatic carbocycles. The summed E-state index contributed by atoms with van der Waals surface area (Å²) in [5.74, 6) is 2.42. The molecule has 0 radical (unpaired) electrons. The van der Waals surface area contributed by atoms with Gasteiger partial charge < -0.3 is 5.32 Å². The van der Waals surface area contributed by atoms with Crippen LogP contribution in [0, 0.1) is 17.8 Å². The molecule has 0 spiro atoms. The highest BCUT2D eigenvalue weighted by molar-refractivity contribution is 5.78. The summed E-state index contributed by atoms with van der Waals surface area (Å²) in [6.07, 6.45) is 9.08. The van der Waals surface area contributed by atoms with E-state index in [4.69, 9.17) is 0 Å². The molecule has 0 aromatic heterocycles. The SMILES string of the molecule is CNC(=O)C(CCC1CC1)CC1CC1. The number of carbonyl (C=O) groups excluding carboxylic acids is 1. The number of nitrogens with one attached hydrogen (secondary N) is 1. The van der Waals surface area contributed by atoms with Crippen LogP contribution < -0.4 is 5.32 Å². The predicted molar refractivity (Wildman–Crippen MR) is 56.9 cm³/mol. The van der Waals surface area contributed by atoms with E-state index in [0.717, 1.165) is 24.7 Å². The first-order valence-corrected chi connectivity index (χ1v) is 6.01. The molecule has 0 aromatic rings. The Morgan fingerprint density at radius 3 is 2.43 bits per heavy atom. The van der Waals surface area contributed by atoms with Crippen molar-refractivity contribution in [1.82, 2.24) is 5.32 Å². The van der Waals surface area contributed by atoms with Gasteiger partial charge in [0.25, 0.3) is 0 Å². The lowest BCUT2D eigenvalue weighted by Crippen LogP contribution is -2.27. The lowest BCUT2D eigenvalue weighted by Gasteiger charge is -2.14. The highest BCUT2D eigenvalue weighted by atomic mass is 16.1. The molecule has 0 heterocycles. The van der Waals surface area contributed by atoms with Gasteiger partial charge in [0.15, 0.2) is 0 Å². The lowest BCUT2D eigenvalue weighted by atomic mass is 9.94. The van der Waals surface area contributed by atoms with Crippen molar-refractivity contribution in [3.8, 4) is 0 Å². The Kier molecular flexibility index (Phi) is 3.09. The van der Waals surface area contributed by atoms with Crippen LogP contribution >= 0.6 is 0 Å². The molecule has 1 unspecified atom stereocenters. The van der Waals surface area contributed by atoms with E-state index in [-0.39, 0.29) is 5.91 Å². The van der Waals surface area contributed by atoms with Crippen LogP contribution in [0.5, 0.6) is 0 Å². The number of rotatable bonds is 6. The zero-order valence-electron chi connectivity index (χ0n) is 9.09. The Labute approximate surface area is 86.5 Å². The largest absolute Gasteiger partial charge is 0.359 e. The van der Waals surface area contributed by atoms with Crippen LogP contribution in [0.4, 0.5) is 0 Å². The van der Waals surface area contributed by atoms with Gasteiger partial charge in [0, 0.05) is 13.0 Å². The van der Waals surface area contributed by atoms with Crippen LogP contribution in [0.15, 0.2) is 0 Å². The van der Waals surface area contributed by atoms with Gasteiger partial charge in [0.2, 0.25) is 5.91 Å². The standard InChI is InChI=1S/C12H21NO/c1-13-12(14)11(8-10-4-5-10)7-6-9-2-3-9/h9-11H,2-8H2,1H3,(H,13,14). The molecule has 2 fully saturated rings. The summed E-state index contributed by atoms with van der Waals surface area (Å²) in [5.41, 5.74) is 0. The molecule has 1 atom stereocenters. The molecule has 1 N–H and O–H groups in total. The second kappa shape index (κ2) is 4.33. The Hall–Kier alpha value is -0.530. The fourth-order valence-corrected chi connectivity index (χ4v) is 2.16. The Morgan fingerprint density at radius 2 is 1.93 bits per heavy atom. The van der Waals surface area contributed by atoms with Crippen LogP contribution in [0.3, 0.4) is 0 Å². The molecule has 2 aliphatic carbocycles. The third-order valence-corrected chi connectivity index (χ3v) is 3.55. The van der Waals surface area contributed by atoms with E-state index < -0.39 is 0 Å². The van der Waals surface area contributed by atoms with Crippen molar-refractivity contribution in [2.45, 2.75) is 44.9 Å². The molecule has 2 heteroatoms. The lowest BCUT2D eigenvalue weighted by molar-refractivity contribution is -0.125. The highest BCUT2D eigenvalue weighted by Gasteiger charge is 2.30. The van der Waals surface area contributed by atoms with Gasteiger partial charge in [-0.1, -0.05) is 25.7 Å². The summed E-state index contributed by atoms with van der Waals surface area (Å²) in [7, 11) is 1.76. The minimum absolute atomic E-state index is 0.276. The first-order chi connectivity index (χ1) is 6.79. The van der Waals surface area contributed by atoms with Gasteiger partial charge >= 0.3 is 0 Å². The maximum Gasteiger partial charge on any atom is 0.222 e. The average molecular weight is 195 g/mol. The van der Waals surface area contributed by atoms with E-state index in [1.165, 1.54) is 32.1 Å². The van der Waals surface area contributed by atoms with Crippen molar-refractivity contribution in [2.24, 2.45) is 17.8 Å². The van der Waals surface area contributed by atoms with Crippen LogP contribution in [-0.4, -0.2) is 13.0 Å². The Morgan fingerprint density at radius 1 is 1.29 bits per heavy atom. The van der Waals surface area contributed by atoms with Crippen LogP contribution in [0.1, 0.15) is 44.9 Å². The van der Waals surface area contributed by atoms with Crippen molar-refractivity contribution in [3.05, 3.63) is 0 Å². The molecule has 2 nitrogen and oxygen atoms in total. The number of amides is 1. The summed E-state index contributed by atoms with van der Waals surface area (Å²) in [6.45, 7) is 0. The van der Waals surface area contributed by atoms with Crippen molar-refractivity contribution in [3.63, 3.8) is 0 Å². The maximum absolute atomic E-state index is 11.6. The predicted octanol–water partition coefficient (Wildman–Crippen LogP) is 2.34. The van der Waals surface area contributed by atoms with Gasteiger partial charge in [-0.15, -0.1) is 0 Å². The second-order valence-corrected chi connectivity index (χ2v) is 5.01. The molecule has 0 saturated heterocycles. The minimum atomic E-state index is 0.276. The quantitative estimate of drug-likeness (QED) is 0.692. The van der Waals surface area contributed by atoms with Crippen LogP contribution in [0.2, 0.25) is 0 Å². The van der Waals surface area contributed by atoms with E-state index >= 15 is 0 Å². The van der Waals surface area contributed by atoms with Gasteiger partial charge in [-0.2, -0.15) is 0 Å². The molecular formula is C12H21NO. The summed E-state index contributed by atoms with van der Waals surface area (Å²) in [6, 6.07) is 0. The van der Waals surface area contributed by atoms with Gasteiger partial charge in [0.05, 0.1) is 0 Å². The fraction of sp³-hybridized carbons (Fsp3) is 0.917. The summed E-state index contributed by atoms with van der Waals surface area (Å²) in [4.78, 5) is 11.6. The fourth-order valence-electron chi connectivity index (χ4n) is 2.16. The van der Waals surface area contributed by atoms with E-state index in [1.807, 2.05) is 0 Å².